The molecule has 0 N–H and O–H groups in total. The summed E-state index contributed by atoms with van der Waals surface area (Å²) in [5.41, 5.74) is 10.4. The van der Waals surface area contributed by atoms with E-state index in [1.54, 1.807) is 0 Å². The Morgan fingerprint density at radius 3 is 1.07 bits per heavy atom. The maximum Gasteiger partial charge on any atom is 0.0542 e. The fourth-order valence-corrected chi connectivity index (χ4v) is 5.92. The number of hydrogen-bond acceptors (Lipinski definition) is 3. The summed E-state index contributed by atoms with van der Waals surface area (Å²) in [7, 11) is 6.37. The molecule has 0 spiro atoms. The predicted octanol–water partition coefficient (Wildman–Crippen LogP) is 10.1. The van der Waals surface area contributed by atoms with Crippen LogP contribution in [0.3, 0.4) is 0 Å². The van der Waals surface area contributed by atoms with Gasteiger partial charge in [-0.2, -0.15) is 0 Å². The Morgan fingerprint density at radius 1 is 0.349 bits per heavy atom. The molecule has 6 aromatic carbocycles. The van der Waals surface area contributed by atoms with Crippen molar-refractivity contribution in [3.8, 4) is 5.69 Å². The molecule has 0 saturated carbocycles. The third-order valence-electron chi connectivity index (χ3n) is 8.43. The van der Waals surface area contributed by atoms with Crippen LogP contribution in [0.4, 0.5) is 34.1 Å². The molecule has 210 valence electrons. The first-order valence-corrected chi connectivity index (χ1v) is 14.6. The maximum absolute atomic E-state index is 2.38. The summed E-state index contributed by atoms with van der Waals surface area (Å²) in [5.74, 6) is 0. The largest absolute Gasteiger partial charge is 0.345 e. The minimum Gasteiger partial charge on any atom is -0.345 e. The van der Waals surface area contributed by atoms with E-state index < -0.39 is 0 Å². The van der Waals surface area contributed by atoms with Crippen LogP contribution in [0, 0.1) is 0 Å². The molecule has 0 amide bonds. The summed E-state index contributed by atoms with van der Waals surface area (Å²) in [6.45, 7) is 0. The highest BCUT2D eigenvalue weighted by atomic mass is 15.1. The van der Waals surface area contributed by atoms with E-state index in [-0.39, 0.29) is 0 Å². The van der Waals surface area contributed by atoms with Gasteiger partial charge in [0, 0.05) is 71.7 Å². The lowest BCUT2D eigenvalue weighted by molar-refractivity contribution is 1.16. The number of benzene rings is 6. The van der Waals surface area contributed by atoms with E-state index in [0.29, 0.717) is 0 Å². The highest BCUT2D eigenvalue weighted by molar-refractivity contribution is 6.11. The van der Waals surface area contributed by atoms with Gasteiger partial charge in [0.05, 0.1) is 11.0 Å². The van der Waals surface area contributed by atoms with Crippen LogP contribution in [-0.2, 0) is 0 Å². The Hall–Kier alpha value is -5.48. The summed E-state index contributed by atoms with van der Waals surface area (Å²) in [6, 6.07) is 54.0. The van der Waals surface area contributed by atoms with E-state index in [2.05, 4.69) is 192 Å². The van der Waals surface area contributed by atoms with Crippen molar-refractivity contribution >= 4 is 55.9 Å². The van der Waals surface area contributed by atoms with Gasteiger partial charge in [0.25, 0.3) is 0 Å². The number of aromatic nitrogens is 1. The van der Waals surface area contributed by atoms with E-state index in [9.17, 15) is 0 Å². The molecule has 7 aromatic rings. The summed E-state index contributed by atoms with van der Waals surface area (Å²) >= 11 is 0. The number of nitrogens with zero attached hydrogens (tertiary/aromatic N) is 4. The molecule has 43 heavy (non-hydrogen) atoms. The van der Waals surface area contributed by atoms with Gasteiger partial charge in [-0.3, -0.25) is 0 Å². The van der Waals surface area contributed by atoms with E-state index >= 15 is 0 Å². The Labute approximate surface area is 253 Å². The van der Waals surface area contributed by atoms with Crippen molar-refractivity contribution in [2.75, 3.05) is 35.8 Å². The molecule has 0 bridgehead atoms. The molecule has 0 aliphatic heterocycles. The first-order valence-electron chi connectivity index (χ1n) is 14.6. The maximum atomic E-state index is 2.38. The van der Waals surface area contributed by atoms with Gasteiger partial charge in [-0.15, -0.1) is 0 Å². The summed E-state index contributed by atoms with van der Waals surface area (Å²) in [4.78, 5) is 6.71. The third kappa shape index (κ3) is 4.87. The molecule has 0 atom stereocenters. The second kappa shape index (κ2) is 11.1. The number of anilines is 6. The molecule has 7 rings (SSSR count). The zero-order chi connectivity index (χ0) is 29.3. The van der Waals surface area contributed by atoms with Gasteiger partial charge in [0.2, 0.25) is 0 Å². The smallest absolute Gasteiger partial charge is 0.0542 e. The van der Waals surface area contributed by atoms with Gasteiger partial charge < -0.3 is 19.3 Å². The van der Waals surface area contributed by atoms with Crippen molar-refractivity contribution in [2.45, 2.75) is 0 Å². The first-order chi connectivity index (χ1) is 21.1. The number of fused-ring (bicyclic) bond motifs is 3. The van der Waals surface area contributed by atoms with Crippen LogP contribution in [0.5, 0.6) is 0 Å². The number of para-hydroxylation sites is 3. The molecular weight excluding hydrogens is 524 g/mol. The van der Waals surface area contributed by atoms with Crippen LogP contribution in [-0.4, -0.2) is 25.7 Å². The standard InChI is InChI=1S/C39H34N4/c1-40(29-13-7-4-8-14-29)32-19-21-33(22-20-32)43-38-25-23-34(41(2)30-15-9-5-10-16-30)27-36(38)37-28-35(24-26-39(37)43)42(3)31-17-11-6-12-18-31/h4-28H,1-3H3. The van der Waals surface area contributed by atoms with Crippen molar-refractivity contribution < 1.29 is 0 Å². The van der Waals surface area contributed by atoms with Crippen LogP contribution in [0.15, 0.2) is 152 Å². The first kappa shape index (κ1) is 26.4. The minimum absolute atomic E-state index is 1.14. The predicted molar refractivity (Wildman–Crippen MR) is 184 cm³/mol. The lowest BCUT2D eigenvalue weighted by Crippen LogP contribution is -2.09. The molecule has 4 nitrogen and oxygen atoms in total. The second-order valence-electron chi connectivity index (χ2n) is 10.9. The van der Waals surface area contributed by atoms with E-state index in [4.69, 9.17) is 0 Å². The van der Waals surface area contributed by atoms with E-state index in [1.807, 2.05) is 0 Å². The lowest BCUT2D eigenvalue weighted by Gasteiger charge is -2.20. The molecule has 0 saturated heterocycles. The summed E-state index contributed by atoms with van der Waals surface area (Å²) in [5, 5.41) is 2.45. The van der Waals surface area contributed by atoms with Crippen molar-refractivity contribution in [1.29, 1.82) is 0 Å². The Bertz CT molecular complexity index is 1890. The fraction of sp³-hybridized carbons (Fsp3) is 0.0769. The Kier molecular flexibility index (Phi) is 6.80. The average molecular weight is 559 g/mol. The van der Waals surface area contributed by atoms with Gasteiger partial charge in [0.1, 0.15) is 0 Å². The van der Waals surface area contributed by atoms with Crippen molar-refractivity contribution in [1.82, 2.24) is 4.57 Å². The van der Waals surface area contributed by atoms with Gasteiger partial charge in [-0.05, 0) is 97.1 Å². The molecule has 0 fully saturated rings. The normalized spacial score (nSPS) is 11.1. The van der Waals surface area contributed by atoms with Gasteiger partial charge in [-0.1, -0.05) is 54.6 Å². The van der Waals surface area contributed by atoms with E-state index in [0.717, 1.165) is 39.8 Å². The minimum atomic E-state index is 1.14. The van der Waals surface area contributed by atoms with Gasteiger partial charge >= 0.3 is 0 Å². The lowest BCUT2D eigenvalue weighted by atomic mass is 10.1. The van der Waals surface area contributed by atoms with Crippen molar-refractivity contribution in [3.63, 3.8) is 0 Å². The third-order valence-corrected chi connectivity index (χ3v) is 8.43. The van der Waals surface area contributed by atoms with Gasteiger partial charge in [0.15, 0.2) is 0 Å². The highest BCUT2D eigenvalue weighted by Crippen LogP contribution is 2.38. The van der Waals surface area contributed by atoms with Crippen molar-refractivity contribution in [3.05, 3.63) is 152 Å². The monoisotopic (exact) mass is 558 g/mol. The Morgan fingerprint density at radius 2 is 0.674 bits per heavy atom. The summed E-state index contributed by atoms with van der Waals surface area (Å²) in [6.07, 6.45) is 0. The topological polar surface area (TPSA) is 14.7 Å². The Balaban J connectivity index is 1.37. The SMILES string of the molecule is CN(c1ccccc1)c1ccc(-n2c3ccc(N(C)c4ccccc4)cc3c3cc(N(C)c4ccccc4)ccc32)cc1. The molecule has 0 aliphatic carbocycles. The zero-order valence-corrected chi connectivity index (χ0v) is 24.7. The molecule has 1 aromatic heterocycles. The van der Waals surface area contributed by atoms with Crippen LogP contribution >= 0.6 is 0 Å². The molecule has 0 aliphatic rings. The molecular formula is C39H34N4. The average Bonchev–Trinajstić information content (AvgIpc) is 3.41. The molecule has 0 radical (unpaired) electrons. The number of rotatable bonds is 7. The quantitative estimate of drug-likeness (QED) is 0.193. The molecule has 1 heterocycles. The fourth-order valence-electron chi connectivity index (χ4n) is 5.92. The highest BCUT2D eigenvalue weighted by Gasteiger charge is 2.17. The molecule has 4 heteroatoms. The second-order valence-corrected chi connectivity index (χ2v) is 10.9. The van der Waals surface area contributed by atoms with Crippen LogP contribution in [0.1, 0.15) is 0 Å². The zero-order valence-electron chi connectivity index (χ0n) is 24.7. The van der Waals surface area contributed by atoms with Crippen LogP contribution in [0.2, 0.25) is 0 Å². The van der Waals surface area contributed by atoms with Crippen molar-refractivity contribution in [2.24, 2.45) is 0 Å². The van der Waals surface area contributed by atoms with E-state index in [1.165, 1.54) is 21.8 Å². The molecule has 0 unspecified atom stereocenters. The van der Waals surface area contributed by atoms with Gasteiger partial charge in [-0.25, -0.2) is 0 Å². The number of hydrogen-bond donors (Lipinski definition) is 0. The van der Waals surface area contributed by atoms with Crippen LogP contribution in [0.25, 0.3) is 27.5 Å². The van der Waals surface area contributed by atoms with Crippen LogP contribution < -0.4 is 14.7 Å². The summed E-state index contributed by atoms with van der Waals surface area (Å²) < 4.78 is 2.38.